The largest absolute Gasteiger partial charge is 0.465 e. The summed E-state index contributed by atoms with van der Waals surface area (Å²) in [4.78, 5) is 23.9. The van der Waals surface area contributed by atoms with E-state index in [9.17, 15) is 18.0 Å². The smallest absolute Gasteiger partial charge is 0.337 e. The van der Waals surface area contributed by atoms with Crippen molar-refractivity contribution in [1.29, 1.82) is 0 Å². The molecule has 0 atom stereocenters. The second-order valence-electron chi connectivity index (χ2n) is 5.34. The molecule has 0 heterocycles. The van der Waals surface area contributed by atoms with Crippen molar-refractivity contribution in [3.8, 4) is 0 Å². The van der Waals surface area contributed by atoms with Gasteiger partial charge in [-0.05, 0) is 46.3 Å². The van der Waals surface area contributed by atoms with Gasteiger partial charge in [0.25, 0.3) is 0 Å². The molecule has 0 aromatic heterocycles. The Labute approximate surface area is 160 Å². The molecule has 0 spiro atoms. The van der Waals surface area contributed by atoms with Gasteiger partial charge in [0.15, 0.2) is 0 Å². The summed E-state index contributed by atoms with van der Waals surface area (Å²) in [6, 6.07) is 12.9. The molecule has 0 fully saturated rings. The monoisotopic (exact) mass is 440 g/mol. The van der Waals surface area contributed by atoms with Crippen LogP contribution in [0.25, 0.3) is 0 Å². The predicted octanol–water partition coefficient (Wildman–Crippen LogP) is 2.64. The highest BCUT2D eigenvalue weighted by molar-refractivity contribution is 9.10. The Morgan fingerprint density at radius 3 is 2.46 bits per heavy atom. The molecule has 9 heteroatoms. The number of nitrogens with one attached hydrogen (secondary N) is 1. The number of esters is 1. The van der Waals surface area contributed by atoms with E-state index in [4.69, 9.17) is 0 Å². The number of ether oxygens (including phenoxy) is 1. The maximum absolute atomic E-state index is 12.4. The Kier molecular flexibility index (Phi) is 6.38. The zero-order valence-corrected chi connectivity index (χ0v) is 16.5. The second-order valence-corrected chi connectivity index (χ2v) is 8.10. The maximum atomic E-state index is 12.4. The Morgan fingerprint density at radius 1 is 1.15 bits per heavy atom. The van der Waals surface area contributed by atoms with Crippen molar-refractivity contribution in [1.82, 2.24) is 0 Å². The lowest BCUT2D eigenvalue weighted by atomic mass is 10.2. The molecule has 0 aliphatic carbocycles. The van der Waals surface area contributed by atoms with E-state index in [1.165, 1.54) is 13.2 Å². The summed E-state index contributed by atoms with van der Waals surface area (Å²) < 4.78 is 30.4. The van der Waals surface area contributed by atoms with Crippen LogP contribution in [0.5, 0.6) is 0 Å². The molecule has 138 valence electrons. The number of nitrogens with zero attached hydrogens (tertiary/aromatic N) is 1. The van der Waals surface area contributed by atoms with E-state index in [1.54, 1.807) is 42.5 Å². The number of benzene rings is 2. The SMILES string of the molecule is COC(=O)c1cccc(NC(=O)CN(c2ccccc2Br)S(C)(=O)=O)c1. The lowest BCUT2D eigenvalue weighted by Crippen LogP contribution is -2.37. The zero-order chi connectivity index (χ0) is 19.3. The fourth-order valence-electron chi connectivity index (χ4n) is 2.21. The molecule has 0 aliphatic heterocycles. The van der Waals surface area contributed by atoms with Crippen LogP contribution in [0.2, 0.25) is 0 Å². The van der Waals surface area contributed by atoms with Gasteiger partial charge in [0.05, 0.1) is 24.6 Å². The van der Waals surface area contributed by atoms with Gasteiger partial charge in [0.1, 0.15) is 6.54 Å². The number of hydrogen-bond acceptors (Lipinski definition) is 5. The first kappa shape index (κ1) is 19.9. The number of anilines is 2. The molecule has 26 heavy (non-hydrogen) atoms. The van der Waals surface area contributed by atoms with Gasteiger partial charge in [-0.25, -0.2) is 13.2 Å². The van der Waals surface area contributed by atoms with Crippen molar-refractivity contribution in [2.24, 2.45) is 0 Å². The molecule has 7 nitrogen and oxygen atoms in total. The average molecular weight is 441 g/mol. The number of carbonyl (C=O) groups is 2. The van der Waals surface area contributed by atoms with Crippen LogP contribution in [0.1, 0.15) is 10.4 Å². The maximum Gasteiger partial charge on any atom is 0.337 e. The second kappa shape index (κ2) is 8.33. The molecular weight excluding hydrogens is 424 g/mol. The minimum Gasteiger partial charge on any atom is -0.465 e. The van der Waals surface area contributed by atoms with E-state index < -0.39 is 28.4 Å². The summed E-state index contributed by atoms with van der Waals surface area (Å²) in [7, 11) is -2.43. The molecule has 2 aromatic carbocycles. The van der Waals surface area contributed by atoms with E-state index in [0.717, 1.165) is 10.6 Å². The van der Waals surface area contributed by atoms with Crippen LogP contribution in [-0.2, 0) is 19.6 Å². The number of para-hydroxylation sites is 1. The Morgan fingerprint density at radius 2 is 1.85 bits per heavy atom. The summed E-state index contributed by atoms with van der Waals surface area (Å²) in [5, 5.41) is 2.58. The molecule has 0 bridgehead atoms. The van der Waals surface area contributed by atoms with E-state index in [-0.39, 0.29) is 5.56 Å². The molecule has 2 rings (SSSR count). The summed E-state index contributed by atoms with van der Waals surface area (Å²) in [6.07, 6.45) is 1.03. The highest BCUT2D eigenvalue weighted by Gasteiger charge is 2.22. The summed E-state index contributed by atoms with van der Waals surface area (Å²) >= 11 is 3.29. The van der Waals surface area contributed by atoms with Crippen molar-refractivity contribution >= 4 is 49.2 Å². The van der Waals surface area contributed by atoms with E-state index in [1.807, 2.05) is 0 Å². The van der Waals surface area contributed by atoms with Crippen molar-refractivity contribution in [2.45, 2.75) is 0 Å². The zero-order valence-electron chi connectivity index (χ0n) is 14.1. The molecule has 2 aromatic rings. The normalized spacial score (nSPS) is 10.9. The van der Waals surface area contributed by atoms with Crippen molar-refractivity contribution in [3.63, 3.8) is 0 Å². The first-order chi connectivity index (χ1) is 12.2. The minimum atomic E-state index is -3.68. The third-order valence-corrected chi connectivity index (χ3v) is 5.17. The van der Waals surface area contributed by atoms with E-state index >= 15 is 0 Å². The van der Waals surface area contributed by atoms with Crippen LogP contribution in [-0.4, -0.2) is 40.2 Å². The lowest BCUT2D eigenvalue weighted by Gasteiger charge is -2.23. The van der Waals surface area contributed by atoms with E-state index in [2.05, 4.69) is 26.0 Å². The molecule has 1 N–H and O–H groups in total. The average Bonchev–Trinajstić information content (AvgIpc) is 2.59. The molecular formula is C17H17BrN2O5S. The number of methoxy groups -OCH3 is 1. The fourth-order valence-corrected chi connectivity index (χ4v) is 3.69. The minimum absolute atomic E-state index is 0.274. The predicted molar refractivity (Wildman–Crippen MR) is 103 cm³/mol. The summed E-state index contributed by atoms with van der Waals surface area (Å²) in [5.74, 6) is -1.08. The standard InChI is InChI=1S/C17H17BrN2O5S/c1-25-17(22)12-6-5-7-13(10-12)19-16(21)11-20(26(2,23)24)15-9-4-3-8-14(15)18/h3-10H,11H2,1-2H3,(H,19,21). The molecule has 1 amide bonds. The Hall–Kier alpha value is -2.39. The van der Waals surface area contributed by atoms with Crippen molar-refractivity contribution in [2.75, 3.05) is 29.5 Å². The first-order valence-corrected chi connectivity index (χ1v) is 10.1. The fraction of sp³-hybridized carbons (Fsp3) is 0.176. The highest BCUT2D eigenvalue weighted by Crippen LogP contribution is 2.27. The lowest BCUT2D eigenvalue weighted by molar-refractivity contribution is -0.114. The third kappa shape index (κ3) is 5.06. The molecule has 0 radical (unpaired) electrons. The van der Waals surface area contributed by atoms with Crippen molar-refractivity contribution < 1.29 is 22.7 Å². The number of sulfonamides is 1. The van der Waals surface area contributed by atoms with Crippen LogP contribution in [0, 0.1) is 0 Å². The number of hydrogen-bond donors (Lipinski definition) is 1. The number of rotatable bonds is 6. The van der Waals surface area contributed by atoms with Gasteiger partial charge in [-0.1, -0.05) is 18.2 Å². The van der Waals surface area contributed by atoms with Crippen LogP contribution < -0.4 is 9.62 Å². The Bertz CT molecular complexity index is 930. The van der Waals surface area contributed by atoms with Gasteiger partial charge >= 0.3 is 5.97 Å². The molecule has 0 saturated carbocycles. The number of halogens is 1. The van der Waals surface area contributed by atoms with Crippen LogP contribution >= 0.6 is 15.9 Å². The molecule has 0 saturated heterocycles. The molecule has 0 unspecified atom stereocenters. The van der Waals surface area contributed by atoms with E-state index in [0.29, 0.717) is 15.8 Å². The van der Waals surface area contributed by atoms with Crippen LogP contribution in [0.4, 0.5) is 11.4 Å². The van der Waals surface area contributed by atoms with Gasteiger partial charge in [-0.3, -0.25) is 9.10 Å². The third-order valence-electron chi connectivity index (χ3n) is 3.38. The summed E-state index contributed by atoms with van der Waals surface area (Å²) in [5.41, 5.74) is 0.989. The summed E-state index contributed by atoms with van der Waals surface area (Å²) in [6.45, 7) is -0.413. The van der Waals surface area contributed by atoms with Gasteiger partial charge in [0, 0.05) is 10.2 Å². The van der Waals surface area contributed by atoms with Gasteiger partial charge < -0.3 is 10.1 Å². The Balaban J connectivity index is 2.21. The molecule has 0 aliphatic rings. The topological polar surface area (TPSA) is 92.8 Å². The quantitative estimate of drug-likeness (QED) is 0.696. The van der Waals surface area contributed by atoms with Crippen LogP contribution in [0.3, 0.4) is 0 Å². The van der Waals surface area contributed by atoms with Gasteiger partial charge in [-0.2, -0.15) is 0 Å². The number of carbonyl (C=O) groups excluding carboxylic acids is 2. The first-order valence-electron chi connectivity index (χ1n) is 7.43. The van der Waals surface area contributed by atoms with Gasteiger partial charge in [-0.15, -0.1) is 0 Å². The van der Waals surface area contributed by atoms with Crippen LogP contribution in [0.15, 0.2) is 53.0 Å². The van der Waals surface area contributed by atoms with Gasteiger partial charge in [0.2, 0.25) is 15.9 Å². The highest BCUT2D eigenvalue weighted by atomic mass is 79.9. The van der Waals surface area contributed by atoms with Crippen molar-refractivity contribution in [3.05, 3.63) is 58.6 Å². The number of amides is 1.